The van der Waals surface area contributed by atoms with Crippen LogP contribution in [0.1, 0.15) is 24.2 Å². The van der Waals surface area contributed by atoms with Gasteiger partial charge in [-0.05, 0) is 42.3 Å². The van der Waals surface area contributed by atoms with Crippen LogP contribution in [0.5, 0.6) is 5.75 Å². The number of ether oxygens (including phenoxy) is 2. The molecule has 0 unspecified atom stereocenters. The maximum absolute atomic E-state index is 12.3. The van der Waals surface area contributed by atoms with E-state index in [0.717, 1.165) is 16.0 Å². The van der Waals surface area contributed by atoms with Crippen molar-refractivity contribution in [1.82, 2.24) is 10.2 Å². The molecular weight excluding hydrogens is 376 g/mol. The van der Waals surface area contributed by atoms with Crippen LogP contribution in [-0.2, 0) is 14.3 Å². The lowest BCUT2D eigenvalue weighted by Crippen LogP contribution is -2.41. The number of nitrogens with one attached hydrogen (secondary N) is 1. The maximum atomic E-state index is 12.3. The van der Waals surface area contributed by atoms with E-state index < -0.39 is 30.0 Å². The zero-order chi connectivity index (χ0) is 21.0. The van der Waals surface area contributed by atoms with Crippen LogP contribution in [-0.4, -0.2) is 48.0 Å². The number of hydrogen-bond donors (Lipinski definition) is 1. The Bertz CT molecular complexity index is 937. The number of urea groups is 1. The first-order chi connectivity index (χ1) is 13.8. The molecule has 0 saturated carbocycles. The summed E-state index contributed by atoms with van der Waals surface area (Å²) in [5, 5.41) is 2.53. The number of hydrogen-bond acceptors (Lipinski definition) is 6. The Kier molecular flexibility index (Phi) is 5.92. The summed E-state index contributed by atoms with van der Waals surface area (Å²) in [6.45, 7) is 3.41. The van der Waals surface area contributed by atoms with Gasteiger partial charge in [0.2, 0.25) is 0 Å². The van der Waals surface area contributed by atoms with Crippen LogP contribution >= 0.6 is 0 Å². The van der Waals surface area contributed by atoms with Gasteiger partial charge in [-0.15, -0.1) is 0 Å². The lowest BCUT2D eigenvalue weighted by Gasteiger charge is -2.18. The summed E-state index contributed by atoms with van der Waals surface area (Å²) < 4.78 is 10.2. The summed E-state index contributed by atoms with van der Waals surface area (Å²) >= 11 is 0. The zero-order valence-corrected chi connectivity index (χ0v) is 16.0. The predicted octanol–water partition coefficient (Wildman–Crippen LogP) is 2.38. The normalized spacial score (nSPS) is 14.1. The molecule has 2 aromatic carbocycles. The lowest BCUT2D eigenvalue weighted by molar-refractivity contribution is -0.136. The van der Waals surface area contributed by atoms with Crippen molar-refractivity contribution in [2.45, 2.75) is 20.0 Å². The lowest BCUT2D eigenvalue weighted by atomic mass is 10.0. The van der Waals surface area contributed by atoms with E-state index >= 15 is 0 Å². The number of benzene rings is 2. The van der Waals surface area contributed by atoms with E-state index in [4.69, 9.17) is 9.47 Å². The van der Waals surface area contributed by atoms with E-state index in [1.807, 2.05) is 0 Å². The van der Waals surface area contributed by atoms with Crippen LogP contribution in [0.25, 0.3) is 11.1 Å². The second-order valence-electron chi connectivity index (χ2n) is 6.46. The highest BCUT2D eigenvalue weighted by Gasteiger charge is 2.31. The molecule has 0 bridgehead atoms. The number of nitrogens with zero attached hydrogens (tertiary/aromatic N) is 1. The second kappa shape index (κ2) is 8.55. The molecule has 1 atom stereocenters. The van der Waals surface area contributed by atoms with Gasteiger partial charge in [-0.2, -0.15) is 0 Å². The van der Waals surface area contributed by atoms with Gasteiger partial charge in [-0.25, -0.2) is 9.59 Å². The van der Waals surface area contributed by atoms with Gasteiger partial charge in [-0.1, -0.05) is 24.3 Å². The smallest absolute Gasteiger partial charge is 0.338 e. The predicted molar refractivity (Wildman–Crippen MR) is 103 cm³/mol. The topological polar surface area (TPSA) is 102 Å². The van der Waals surface area contributed by atoms with Crippen molar-refractivity contribution in [1.29, 1.82) is 0 Å². The van der Waals surface area contributed by atoms with Crippen molar-refractivity contribution in [3.8, 4) is 16.9 Å². The highest BCUT2D eigenvalue weighted by atomic mass is 16.5. The molecule has 0 aromatic heterocycles. The van der Waals surface area contributed by atoms with Crippen molar-refractivity contribution < 1.29 is 28.7 Å². The van der Waals surface area contributed by atoms with E-state index in [0.29, 0.717) is 12.3 Å². The Balaban J connectivity index is 1.63. The first-order valence-electron chi connectivity index (χ1n) is 9.04. The van der Waals surface area contributed by atoms with Crippen molar-refractivity contribution in [2.24, 2.45) is 0 Å². The summed E-state index contributed by atoms with van der Waals surface area (Å²) in [7, 11) is 0. The Morgan fingerprint density at radius 2 is 1.59 bits per heavy atom. The fourth-order valence-corrected chi connectivity index (χ4v) is 2.86. The maximum Gasteiger partial charge on any atom is 0.338 e. The molecule has 8 nitrogen and oxygen atoms in total. The standard InChI is InChI=1S/C21H20N2O6/c1-13(19(25)23-12-11-22-21(23)27)28-20(26)17-5-3-15(4-6-17)16-7-9-18(10-8-16)29-14(2)24/h3-10,13H,11-12H2,1-2H3,(H,22,27)/t13-/m0/s1. The molecule has 1 heterocycles. The van der Waals surface area contributed by atoms with Crippen molar-refractivity contribution in [2.75, 3.05) is 13.1 Å². The van der Waals surface area contributed by atoms with Gasteiger partial charge in [0.15, 0.2) is 6.10 Å². The fourth-order valence-electron chi connectivity index (χ4n) is 2.86. The number of carbonyl (C=O) groups is 4. The van der Waals surface area contributed by atoms with Gasteiger partial charge in [-0.3, -0.25) is 14.5 Å². The minimum Gasteiger partial charge on any atom is -0.449 e. The third kappa shape index (κ3) is 4.78. The SMILES string of the molecule is CC(=O)Oc1ccc(-c2ccc(C(=O)O[C@@H](C)C(=O)N3CCNC3=O)cc2)cc1. The average molecular weight is 396 g/mol. The molecule has 1 N–H and O–H groups in total. The van der Waals surface area contributed by atoms with E-state index in [1.54, 1.807) is 48.5 Å². The molecule has 3 rings (SSSR count). The summed E-state index contributed by atoms with van der Waals surface area (Å²) in [5.74, 6) is -1.15. The molecule has 0 spiro atoms. The molecule has 150 valence electrons. The molecule has 0 radical (unpaired) electrons. The monoisotopic (exact) mass is 396 g/mol. The summed E-state index contributed by atoms with van der Waals surface area (Å²) in [5.41, 5.74) is 2.02. The van der Waals surface area contributed by atoms with Gasteiger partial charge >= 0.3 is 18.0 Å². The van der Waals surface area contributed by atoms with Gasteiger partial charge in [0.25, 0.3) is 5.91 Å². The third-order valence-corrected chi connectivity index (χ3v) is 4.32. The molecule has 2 aromatic rings. The highest BCUT2D eigenvalue weighted by Crippen LogP contribution is 2.23. The van der Waals surface area contributed by atoms with E-state index in [-0.39, 0.29) is 12.1 Å². The zero-order valence-electron chi connectivity index (χ0n) is 16.0. The van der Waals surface area contributed by atoms with E-state index in [1.165, 1.54) is 13.8 Å². The average Bonchev–Trinajstić information content (AvgIpc) is 3.13. The molecule has 1 fully saturated rings. The molecular formula is C21H20N2O6. The molecule has 29 heavy (non-hydrogen) atoms. The largest absolute Gasteiger partial charge is 0.449 e. The van der Waals surface area contributed by atoms with Crippen molar-refractivity contribution in [3.05, 3.63) is 54.1 Å². The number of carbonyl (C=O) groups excluding carboxylic acids is 4. The Hall–Kier alpha value is -3.68. The molecule has 8 heteroatoms. The summed E-state index contributed by atoms with van der Waals surface area (Å²) in [6, 6.07) is 13.2. The van der Waals surface area contributed by atoms with Gasteiger partial charge in [0, 0.05) is 20.0 Å². The first-order valence-corrected chi connectivity index (χ1v) is 9.04. The molecule has 0 aliphatic carbocycles. The number of amides is 3. The number of imide groups is 1. The van der Waals surface area contributed by atoms with Crippen LogP contribution in [0.2, 0.25) is 0 Å². The van der Waals surface area contributed by atoms with Gasteiger partial charge in [0.05, 0.1) is 5.56 Å². The highest BCUT2D eigenvalue weighted by molar-refractivity contribution is 5.99. The quantitative estimate of drug-likeness (QED) is 0.615. The van der Waals surface area contributed by atoms with Crippen molar-refractivity contribution in [3.63, 3.8) is 0 Å². The second-order valence-corrected chi connectivity index (χ2v) is 6.46. The van der Waals surface area contributed by atoms with Crippen LogP contribution < -0.4 is 10.1 Å². The molecule has 1 saturated heterocycles. The van der Waals surface area contributed by atoms with Gasteiger partial charge in [0.1, 0.15) is 5.75 Å². The minimum atomic E-state index is -1.07. The Morgan fingerprint density at radius 3 is 2.10 bits per heavy atom. The molecule has 1 aliphatic rings. The van der Waals surface area contributed by atoms with Crippen LogP contribution in [0.4, 0.5) is 4.79 Å². The molecule has 1 aliphatic heterocycles. The fraction of sp³-hybridized carbons (Fsp3) is 0.238. The Morgan fingerprint density at radius 1 is 1.00 bits per heavy atom. The van der Waals surface area contributed by atoms with Crippen LogP contribution in [0.15, 0.2) is 48.5 Å². The molecule has 3 amide bonds. The van der Waals surface area contributed by atoms with Crippen molar-refractivity contribution >= 4 is 23.9 Å². The third-order valence-electron chi connectivity index (χ3n) is 4.32. The van der Waals surface area contributed by atoms with Gasteiger partial charge < -0.3 is 14.8 Å². The minimum absolute atomic E-state index is 0.254. The van der Waals surface area contributed by atoms with Crippen LogP contribution in [0.3, 0.4) is 0 Å². The number of rotatable bonds is 5. The van der Waals surface area contributed by atoms with Crippen LogP contribution in [0, 0.1) is 0 Å². The van der Waals surface area contributed by atoms with E-state index in [9.17, 15) is 19.2 Å². The first kappa shape index (κ1) is 20.1. The summed E-state index contributed by atoms with van der Waals surface area (Å²) in [4.78, 5) is 48.1. The Labute approximate surface area is 167 Å². The number of esters is 2. The summed E-state index contributed by atoms with van der Waals surface area (Å²) in [6.07, 6.45) is -1.07. The van der Waals surface area contributed by atoms with E-state index in [2.05, 4.69) is 5.32 Å².